The Labute approximate surface area is 130 Å². The fourth-order valence-electron chi connectivity index (χ4n) is 3.83. The third-order valence-corrected chi connectivity index (χ3v) is 5.30. The summed E-state index contributed by atoms with van der Waals surface area (Å²) in [7, 11) is 4.12. The van der Waals surface area contributed by atoms with Crippen molar-refractivity contribution in [1.29, 1.82) is 0 Å². The van der Waals surface area contributed by atoms with E-state index in [2.05, 4.69) is 24.2 Å². The highest BCUT2D eigenvalue weighted by Gasteiger charge is 2.22. The molecular weight excluding hydrogens is 262 g/mol. The van der Waals surface area contributed by atoms with Crippen molar-refractivity contribution in [1.82, 2.24) is 15.1 Å². The van der Waals surface area contributed by atoms with E-state index in [1.165, 1.54) is 51.6 Å². The van der Waals surface area contributed by atoms with E-state index in [-0.39, 0.29) is 6.03 Å². The fourth-order valence-corrected chi connectivity index (χ4v) is 3.83. The van der Waals surface area contributed by atoms with Gasteiger partial charge in [0.05, 0.1) is 0 Å². The van der Waals surface area contributed by atoms with Crippen LogP contribution in [0.4, 0.5) is 4.79 Å². The van der Waals surface area contributed by atoms with Gasteiger partial charge in [-0.05, 0) is 63.6 Å². The van der Waals surface area contributed by atoms with Crippen LogP contribution in [0.1, 0.15) is 45.4 Å². The molecule has 21 heavy (non-hydrogen) atoms. The van der Waals surface area contributed by atoms with Crippen LogP contribution in [0.3, 0.4) is 0 Å². The van der Waals surface area contributed by atoms with Gasteiger partial charge in [0.1, 0.15) is 0 Å². The summed E-state index contributed by atoms with van der Waals surface area (Å²) in [5.41, 5.74) is 0. The first-order valence-electron chi connectivity index (χ1n) is 8.72. The summed E-state index contributed by atoms with van der Waals surface area (Å²) in [5.74, 6) is 2.19. The number of amides is 2. The molecule has 2 rings (SSSR count). The van der Waals surface area contributed by atoms with E-state index >= 15 is 0 Å². The van der Waals surface area contributed by atoms with Gasteiger partial charge in [0.25, 0.3) is 0 Å². The van der Waals surface area contributed by atoms with Gasteiger partial charge in [-0.15, -0.1) is 0 Å². The van der Waals surface area contributed by atoms with Crippen molar-refractivity contribution in [3.05, 3.63) is 0 Å². The molecule has 4 heteroatoms. The second-order valence-corrected chi connectivity index (χ2v) is 7.45. The number of piperidine rings is 1. The molecule has 122 valence electrons. The molecule has 2 atom stereocenters. The lowest BCUT2D eigenvalue weighted by Gasteiger charge is -2.32. The average molecular weight is 295 g/mol. The van der Waals surface area contributed by atoms with E-state index in [4.69, 9.17) is 0 Å². The molecule has 0 bridgehead atoms. The van der Waals surface area contributed by atoms with Gasteiger partial charge in [0.2, 0.25) is 0 Å². The second kappa shape index (κ2) is 8.02. The van der Waals surface area contributed by atoms with Crippen LogP contribution in [0.25, 0.3) is 0 Å². The summed E-state index contributed by atoms with van der Waals surface area (Å²) in [6, 6.07) is 0.118. The molecule has 1 N–H and O–H groups in total. The van der Waals surface area contributed by atoms with E-state index in [1.54, 1.807) is 0 Å². The zero-order chi connectivity index (χ0) is 15.2. The van der Waals surface area contributed by atoms with Crippen LogP contribution in [-0.2, 0) is 0 Å². The Kier molecular flexibility index (Phi) is 6.34. The van der Waals surface area contributed by atoms with E-state index in [1.807, 2.05) is 11.9 Å². The minimum atomic E-state index is 0.118. The third kappa shape index (κ3) is 5.50. The monoisotopic (exact) mass is 295 g/mol. The lowest BCUT2D eigenvalue weighted by molar-refractivity contribution is 0.167. The average Bonchev–Trinajstić information content (AvgIpc) is 2.47. The molecule has 4 nitrogen and oxygen atoms in total. The van der Waals surface area contributed by atoms with Gasteiger partial charge >= 0.3 is 6.03 Å². The highest BCUT2D eigenvalue weighted by Crippen LogP contribution is 2.27. The summed E-state index contributed by atoms with van der Waals surface area (Å²) in [5, 5.41) is 3.15. The Hall–Kier alpha value is -0.770. The lowest BCUT2D eigenvalue weighted by atomic mass is 9.82. The molecule has 2 aliphatic rings. The number of hydrogen-bond acceptors (Lipinski definition) is 2. The SMILES string of the molecule is C[C@H]1CCC[C@H](CNC(=O)N(C)CC2CCN(C)CC2)C1. The van der Waals surface area contributed by atoms with Crippen LogP contribution >= 0.6 is 0 Å². The highest BCUT2D eigenvalue weighted by atomic mass is 16.2. The Morgan fingerprint density at radius 2 is 1.90 bits per heavy atom. The number of rotatable bonds is 4. The van der Waals surface area contributed by atoms with Crippen LogP contribution in [0.5, 0.6) is 0 Å². The summed E-state index contributed by atoms with van der Waals surface area (Å²) in [4.78, 5) is 16.5. The van der Waals surface area contributed by atoms with Crippen molar-refractivity contribution in [3.63, 3.8) is 0 Å². The van der Waals surface area contributed by atoms with Crippen LogP contribution in [-0.4, -0.2) is 56.1 Å². The van der Waals surface area contributed by atoms with Gasteiger partial charge in [-0.3, -0.25) is 0 Å². The van der Waals surface area contributed by atoms with Crippen LogP contribution in [0.2, 0.25) is 0 Å². The lowest BCUT2D eigenvalue weighted by Crippen LogP contribution is -2.43. The van der Waals surface area contributed by atoms with Gasteiger partial charge in [-0.25, -0.2) is 4.79 Å². The number of nitrogens with one attached hydrogen (secondary N) is 1. The van der Waals surface area contributed by atoms with Crippen molar-refractivity contribution < 1.29 is 4.79 Å². The van der Waals surface area contributed by atoms with Crippen molar-refractivity contribution in [2.24, 2.45) is 17.8 Å². The number of nitrogens with zero attached hydrogens (tertiary/aromatic N) is 2. The molecule has 1 saturated heterocycles. The molecule has 1 saturated carbocycles. The van der Waals surface area contributed by atoms with Crippen molar-refractivity contribution in [2.75, 3.05) is 40.3 Å². The van der Waals surface area contributed by atoms with Gasteiger partial charge in [-0.1, -0.05) is 19.8 Å². The van der Waals surface area contributed by atoms with E-state index in [0.29, 0.717) is 11.8 Å². The highest BCUT2D eigenvalue weighted by molar-refractivity contribution is 5.73. The Balaban J connectivity index is 1.65. The van der Waals surface area contributed by atoms with E-state index in [9.17, 15) is 4.79 Å². The molecule has 0 aromatic rings. The molecule has 0 spiro atoms. The standard InChI is InChI=1S/C17H33N3O/c1-14-5-4-6-16(11-14)12-18-17(21)20(3)13-15-7-9-19(2)10-8-15/h14-16H,4-13H2,1-3H3,(H,18,21)/t14-,16-/m0/s1. The van der Waals surface area contributed by atoms with Gasteiger partial charge < -0.3 is 15.1 Å². The number of carbonyl (C=O) groups is 1. The maximum absolute atomic E-state index is 12.2. The Morgan fingerprint density at radius 3 is 2.57 bits per heavy atom. The number of carbonyl (C=O) groups excluding carboxylic acids is 1. The molecule has 1 aliphatic heterocycles. The first-order valence-corrected chi connectivity index (χ1v) is 8.72. The largest absolute Gasteiger partial charge is 0.338 e. The molecule has 0 radical (unpaired) electrons. The molecule has 0 aromatic heterocycles. The van der Waals surface area contributed by atoms with Crippen molar-refractivity contribution in [2.45, 2.75) is 45.4 Å². The second-order valence-electron chi connectivity index (χ2n) is 7.45. The maximum Gasteiger partial charge on any atom is 0.317 e. The Bertz CT molecular complexity index is 326. The normalized spacial score (nSPS) is 28.3. The predicted octanol–water partition coefficient (Wildman–Crippen LogP) is 2.80. The quantitative estimate of drug-likeness (QED) is 0.865. The molecule has 0 aromatic carbocycles. The van der Waals surface area contributed by atoms with Crippen LogP contribution < -0.4 is 5.32 Å². The molecular formula is C17H33N3O. The smallest absolute Gasteiger partial charge is 0.317 e. The number of likely N-dealkylation sites (tertiary alicyclic amines) is 1. The molecule has 2 fully saturated rings. The maximum atomic E-state index is 12.2. The zero-order valence-corrected chi connectivity index (χ0v) is 14.1. The topological polar surface area (TPSA) is 35.6 Å². The minimum Gasteiger partial charge on any atom is -0.338 e. The van der Waals surface area contributed by atoms with Crippen molar-refractivity contribution >= 4 is 6.03 Å². The first-order chi connectivity index (χ1) is 10.0. The van der Waals surface area contributed by atoms with E-state index in [0.717, 1.165) is 19.0 Å². The molecule has 1 aliphatic carbocycles. The first kappa shape index (κ1) is 16.6. The zero-order valence-electron chi connectivity index (χ0n) is 14.1. The minimum absolute atomic E-state index is 0.118. The molecule has 0 unspecified atom stereocenters. The Morgan fingerprint density at radius 1 is 1.19 bits per heavy atom. The van der Waals surface area contributed by atoms with Gasteiger partial charge in [0.15, 0.2) is 0 Å². The molecule has 2 amide bonds. The van der Waals surface area contributed by atoms with Crippen LogP contribution in [0, 0.1) is 17.8 Å². The van der Waals surface area contributed by atoms with Crippen molar-refractivity contribution in [3.8, 4) is 0 Å². The van der Waals surface area contributed by atoms with E-state index < -0.39 is 0 Å². The summed E-state index contributed by atoms with van der Waals surface area (Å²) < 4.78 is 0. The van der Waals surface area contributed by atoms with Gasteiger partial charge in [-0.2, -0.15) is 0 Å². The summed E-state index contributed by atoms with van der Waals surface area (Å²) in [6.07, 6.45) is 7.68. The number of hydrogen-bond donors (Lipinski definition) is 1. The third-order valence-electron chi connectivity index (χ3n) is 5.30. The predicted molar refractivity (Wildman–Crippen MR) is 87.4 cm³/mol. The molecule has 1 heterocycles. The summed E-state index contributed by atoms with van der Waals surface area (Å²) in [6.45, 7) is 6.43. The number of urea groups is 1. The summed E-state index contributed by atoms with van der Waals surface area (Å²) >= 11 is 0. The fraction of sp³-hybridized carbons (Fsp3) is 0.941. The van der Waals surface area contributed by atoms with Gasteiger partial charge in [0, 0.05) is 20.1 Å². The van der Waals surface area contributed by atoms with Crippen LogP contribution in [0.15, 0.2) is 0 Å².